The Hall–Kier alpha value is -1.14. The molecule has 0 bridgehead atoms. The minimum absolute atomic E-state index is 0.0140. The lowest BCUT2D eigenvalue weighted by molar-refractivity contribution is -0.0629. The first-order valence-electron chi connectivity index (χ1n) is 6.93. The zero-order valence-corrected chi connectivity index (χ0v) is 13.4. The maximum Gasteiger partial charge on any atom is 0.180 e. The fourth-order valence-electron chi connectivity index (χ4n) is 2.55. The van der Waals surface area contributed by atoms with Crippen molar-refractivity contribution in [1.82, 2.24) is 9.88 Å². The van der Waals surface area contributed by atoms with Gasteiger partial charge in [-0.15, -0.1) is 11.3 Å². The minimum atomic E-state index is 0.0140. The largest absolute Gasteiger partial charge is 0.375 e. The third-order valence-electron chi connectivity index (χ3n) is 3.74. The summed E-state index contributed by atoms with van der Waals surface area (Å²) in [5.41, 5.74) is 6.76. The Kier molecular flexibility index (Phi) is 4.45. The standard InChI is InChI=1S/C15H18ClN3OS/c1-10-9-20-14(12-4-2-3-5-13(12)16)8-19(10)7-11-6-18-15(17)21-11/h2-6,10,14H,7-9H2,1H3,(H2,17,18). The molecule has 1 aliphatic rings. The van der Waals surface area contributed by atoms with Crippen molar-refractivity contribution in [2.24, 2.45) is 0 Å². The van der Waals surface area contributed by atoms with E-state index in [2.05, 4.69) is 16.8 Å². The quantitative estimate of drug-likeness (QED) is 0.941. The number of halogens is 1. The summed E-state index contributed by atoms with van der Waals surface area (Å²) in [6.45, 7) is 4.54. The van der Waals surface area contributed by atoms with Crippen molar-refractivity contribution in [3.8, 4) is 0 Å². The lowest BCUT2D eigenvalue weighted by Crippen LogP contribution is -2.44. The van der Waals surface area contributed by atoms with Gasteiger partial charge in [-0.05, 0) is 13.0 Å². The number of ether oxygens (including phenoxy) is 1. The second kappa shape index (κ2) is 6.32. The monoisotopic (exact) mass is 323 g/mol. The Morgan fingerprint density at radius 3 is 3.00 bits per heavy atom. The highest BCUT2D eigenvalue weighted by Gasteiger charge is 2.28. The van der Waals surface area contributed by atoms with Crippen molar-refractivity contribution in [2.45, 2.75) is 25.6 Å². The lowest BCUT2D eigenvalue weighted by atomic mass is 10.1. The summed E-state index contributed by atoms with van der Waals surface area (Å²) in [7, 11) is 0. The van der Waals surface area contributed by atoms with E-state index in [-0.39, 0.29) is 6.10 Å². The molecule has 4 nitrogen and oxygen atoms in total. The number of thiazole rings is 1. The fraction of sp³-hybridized carbons (Fsp3) is 0.400. The summed E-state index contributed by atoms with van der Waals surface area (Å²) in [6.07, 6.45) is 1.87. The summed E-state index contributed by atoms with van der Waals surface area (Å²) in [5, 5.41) is 1.38. The number of nitrogen functional groups attached to an aromatic ring is 1. The van der Waals surface area contributed by atoms with Crippen molar-refractivity contribution < 1.29 is 4.74 Å². The van der Waals surface area contributed by atoms with Crippen LogP contribution in [-0.2, 0) is 11.3 Å². The highest BCUT2D eigenvalue weighted by molar-refractivity contribution is 7.15. The number of nitrogens with two attached hydrogens (primary N) is 1. The molecule has 1 saturated heterocycles. The Balaban J connectivity index is 1.74. The second-order valence-corrected chi connectivity index (χ2v) is 6.84. The van der Waals surface area contributed by atoms with E-state index in [0.29, 0.717) is 17.8 Å². The number of aromatic nitrogens is 1. The molecular formula is C15H18ClN3OS. The number of nitrogens with zero attached hydrogens (tertiary/aromatic N) is 2. The molecule has 21 heavy (non-hydrogen) atoms. The van der Waals surface area contributed by atoms with E-state index in [1.54, 1.807) is 11.3 Å². The van der Waals surface area contributed by atoms with Crippen LogP contribution in [0.2, 0.25) is 5.02 Å². The Bertz CT molecular complexity index is 618. The van der Waals surface area contributed by atoms with Gasteiger partial charge in [0.1, 0.15) is 0 Å². The van der Waals surface area contributed by atoms with E-state index in [0.717, 1.165) is 23.7 Å². The first-order valence-corrected chi connectivity index (χ1v) is 8.13. The number of benzene rings is 1. The van der Waals surface area contributed by atoms with E-state index >= 15 is 0 Å². The molecular weight excluding hydrogens is 306 g/mol. The Labute approximate surface area is 133 Å². The Morgan fingerprint density at radius 2 is 2.29 bits per heavy atom. The summed E-state index contributed by atoms with van der Waals surface area (Å²) in [4.78, 5) is 7.69. The molecule has 1 aliphatic heterocycles. The fourth-order valence-corrected chi connectivity index (χ4v) is 3.51. The van der Waals surface area contributed by atoms with Gasteiger partial charge in [-0.25, -0.2) is 4.98 Å². The maximum atomic E-state index is 6.28. The van der Waals surface area contributed by atoms with Gasteiger partial charge in [0.05, 0.1) is 12.7 Å². The molecule has 112 valence electrons. The highest BCUT2D eigenvalue weighted by atomic mass is 35.5. The molecule has 3 rings (SSSR count). The second-order valence-electron chi connectivity index (χ2n) is 5.29. The maximum absolute atomic E-state index is 6.28. The molecule has 1 aromatic heterocycles. The van der Waals surface area contributed by atoms with E-state index in [1.807, 2.05) is 30.5 Å². The SMILES string of the molecule is CC1COC(c2ccccc2Cl)CN1Cc1cnc(N)s1. The van der Waals surface area contributed by atoms with Crippen molar-refractivity contribution in [1.29, 1.82) is 0 Å². The first kappa shape index (κ1) is 14.8. The zero-order valence-electron chi connectivity index (χ0n) is 11.8. The van der Waals surface area contributed by atoms with Crippen LogP contribution < -0.4 is 5.73 Å². The van der Waals surface area contributed by atoms with Gasteiger partial charge in [-0.1, -0.05) is 29.8 Å². The number of rotatable bonds is 3. The molecule has 2 atom stereocenters. The Morgan fingerprint density at radius 1 is 1.48 bits per heavy atom. The highest BCUT2D eigenvalue weighted by Crippen LogP contribution is 2.31. The summed E-state index contributed by atoms with van der Waals surface area (Å²) in [5.74, 6) is 0. The number of hydrogen-bond donors (Lipinski definition) is 1. The molecule has 6 heteroatoms. The van der Waals surface area contributed by atoms with E-state index in [9.17, 15) is 0 Å². The number of anilines is 1. The third kappa shape index (κ3) is 3.37. The van der Waals surface area contributed by atoms with Crippen LogP contribution in [0.3, 0.4) is 0 Å². The van der Waals surface area contributed by atoms with Crippen LogP contribution in [0.15, 0.2) is 30.5 Å². The van der Waals surface area contributed by atoms with Crippen LogP contribution in [0.4, 0.5) is 5.13 Å². The average molecular weight is 324 g/mol. The van der Waals surface area contributed by atoms with Crippen LogP contribution in [0, 0.1) is 0 Å². The van der Waals surface area contributed by atoms with Crippen LogP contribution >= 0.6 is 22.9 Å². The van der Waals surface area contributed by atoms with E-state index in [4.69, 9.17) is 22.1 Å². The molecule has 0 aliphatic carbocycles. The molecule has 0 saturated carbocycles. The van der Waals surface area contributed by atoms with Crippen LogP contribution in [0.1, 0.15) is 23.5 Å². The predicted octanol–water partition coefficient (Wildman–Crippen LogP) is 3.34. The summed E-state index contributed by atoms with van der Waals surface area (Å²) < 4.78 is 5.97. The van der Waals surface area contributed by atoms with Crippen molar-refractivity contribution in [2.75, 3.05) is 18.9 Å². The molecule has 2 aromatic rings. The van der Waals surface area contributed by atoms with Gasteiger partial charge in [-0.3, -0.25) is 4.90 Å². The summed E-state index contributed by atoms with van der Waals surface area (Å²) >= 11 is 7.82. The molecule has 2 N–H and O–H groups in total. The van der Waals surface area contributed by atoms with Crippen molar-refractivity contribution in [3.63, 3.8) is 0 Å². The normalized spacial score (nSPS) is 23.3. The van der Waals surface area contributed by atoms with Gasteiger partial charge >= 0.3 is 0 Å². The molecule has 1 fully saturated rings. The predicted molar refractivity (Wildman–Crippen MR) is 86.5 cm³/mol. The topological polar surface area (TPSA) is 51.4 Å². The first-order chi connectivity index (χ1) is 10.1. The smallest absolute Gasteiger partial charge is 0.180 e. The van der Waals surface area contributed by atoms with Crippen molar-refractivity contribution >= 4 is 28.1 Å². The van der Waals surface area contributed by atoms with Gasteiger partial charge in [0.2, 0.25) is 0 Å². The van der Waals surface area contributed by atoms with Gasteiger partial charge in [0, 0.05) is 40.8 Å². The molecule has 2 unspecified atom stereocenters. The number of morpholine rings is 1. The lowest BCUT2D eigenvalue weighted by Gasteiger charge is -2.38. The van der Waals surface area contributed by atoms with E-state index in [1.165, 1.54) is 4.88 Å². The van der Waals surface area contributed by atoms with E-state index < -0.39 is 0 Å². The van der Waals surface area contributed by atoms with Crippen molar-refractivity contribution in [3.05, 3.63) is 45.9 Å². The molecule has 2 heterocycles. The molecule has 0 spiro atoms. The zero-order chi connectivity index (χ0) is 14.8. The van der Waals surface area contributed by atoms with Gasteiger partial charge in [0.15, 0.2) is 5.13 Å². The third-order valence-corrected chi connectivity index (χ3v) is 4.90. The van der Waals surface area contributed by atoms with Gasteiger partial charge < -0.3 is 10.5 Å². The minimum Gasteiger partial charge on any atom is -0.375 e. The van der Waals surface area contributed by atoms with Gasteiger partial charge in [-0.2, -0.15) is 0 Å². The van der Waals surface area contributed by atoms with Crippen LogP contribution in [0.25, 0.3) is 0 Å². The van der Waals surface area contributed by atoms with Gasteiger partial charge in [0.25, 0.3) is 0 Å². The average Bonchev–Trinajstić information content (AvgIpc) is 2.87. The molecule has 0 radical (unpaired) electrons. The molecule has 1 aromatic carbocycles. The number of hydrogen-bond acceptors (Lipinski definition) is 5. The van der Waals surface area contributed by atoms with Crippen LogP contribution in [-0.4, -0.2) is 29.1 Å². The molecule has 0 amide bonds. The van der Waals surface area contributed by atoms with Crippen LogP contribution in [0.5, 0.6) is 0 Å². The summed E-state index contributed by atoms with van der Waals surface area (Å²) in [6, 6.07) is 8.25.